The lowest BCUT2D eigenvalue weighted by Gasteiger charge is -2.18. The number of unbranched alkanes of at least 4 members (excludes halogenated alkanes) is 12. The molecule has 9 heteroatoms. The summed E-state index contributed by atoms with van der Waals surface area (Å²) in [5, 5.41) is 12.7. The van der Waals surface area contributed by atoms with Gasteiger partial charge in [0.25, 0.3) is 0 Å². The fourth-order valence-corrected chi connectivity index (χ4v) is 5.25. The summed E-state index contributed by atoms with van der Waals surface area (Å²) in [7, 11) is 0. The average Bonchev–Trinajstić information content (AvgIpc) is 3.42. The molecule has 2 amide bonds. The van der Waals surface area contributed by atoms with Crippen LogP contribution in [0, 0.1) is 5.92 Å². The lowest BCUT2D eigenvalue weighted by molar-refractivity contribution is 0.0697. The first-order valence-electron chi connectivity index (χ1n) is 15.0. The second-order valence-electron chi connectivity index (χ2n) is 10.5. The van der Waals surface area contributed by atoms with Gasteiger partial charge in [-0.15, -0.1) is 0 Å². The van der Waals surface area contributed by atoms with Crippen molar-refractivity contribution in [3.63, 3.8) is 0 Å². The first-order chi connectivity index (χ1) is 19.0. The van der Waals surface area contributed by atoms with Crippen molar-refractivity contribution in [2.24, 2.45) is 5.92 Å². The van der Waals surface area contributed by atoms with Crippen LogP contribution in [0.1, 0.15) is 127 Å². The summed E-state index contributed by atoms with van der Waals surface area (Å²) < 4.78 is 4.27. The molecule has 1 aromatic heterocycles. The molecular weight excluding hydrogens is 510 g/mol. The first kappa shape index (κ1) is 32.5. The van der Waals surface area contributed by atoms with E-state index in [0.717, 1.165) is 24.4 Å². The number of aromatic nitrogens is 2. The Morgan fingerprint density at radius 1 is 0.872 bits per heavy atom. The van der Waals surface area contributed by atoms with Crippen LogP contribution in [0.3, 0.4) is 0 Å². The van der Waals surface area contributed by atoms with Crippen LogP contribution in [0.2, 0.25) is 0 Å². The minimum Gasteiger partial charge on any atom is -0.478 e. The summed E-state index contributed by atoms with van der Waals surface area (Å²) in [5.41, 5.74) is 6.26. The van der Waals surface area contributed by atoms with Crippen LogP contribution in [-0.4, -0.2) is 33.0 Å². The van der Waals surface area contributed by atoms with Crippen molar-refractivity contribution >= 4 is 28.7 Å². The number of carboxylic acids is 1. The van der Waals surface area contributed by atoms with Crippen LogP contribution >= 0.6 is 11.5 Å². The monoisotopic (exact) mass is 559 g/mol. The highest BCUT2D eigenvalue weighted by Gasteiger charge is 2.13. The molecule has 218 valence electrons. The van der Waals surface area contributed by atoms with Crippen molar-refractivity contribution in [2.75, 3.05) is 12.0 Å². The molecule has 0 aliphatic heterocycles. The highest BCUT2D eigenvalue weighted by atomic mass is 32.1. The maximum Gasteiger partial charge on any atom is 0.335 e. The Bertz CT molecular complexity index is 952. The highest BCUT2D eigenvalue weighted by molar-refractivity contribution is 7.09. The minimum atomic E-state index is -0.999. The summed E-state index contributed by atoms with van der Waals surface area (Å²) in [6.07, 6.45) is 20.6. The van der Waals surface area contributed by atoms with E-state index >= 15 is 0 Å². The Morgan fingerprint density at radius 2 is 1.46 bits per heavy atom. The first-order valence-corrected chi connectivity index (χ1v) is 15.8. The third-order valence-corrected chi connectivity index (χ3v) is 7.69. The fourth-order valence-electron chi connectivity index (χ4n) is 4.70. The van der Waals surface area contributed by atoms with Gasteiger partial charge in [0.05, 0.1) is 5.56 Å². The number of aromatic carboxylic acids is 1. The molecule has 2 rings (SSSR count). The lowest BCUT2D eigenvalue weighted by atomic mass is 9.94. The number of nitrogens with one attached hydrogen (secondary N) is 3. The number of carbonyl (C=O) groups excluding carboxylic acids is 1. The van der Waals surface area contributed by atoms with Crippen molar-refractivity contribution < 1.29 is 14.7 Å². The third kappa shape index (κ3) is 14.3. The topological polar surface area (TPSA) is 116 Å². The molecule has 1 aromatic carbocycles. The quantitative estimate of drug-likeness (QED) is 0.0850. The molecular formula is C30H49N5O3S. The van der Waals surface area contributed by atoms with Gasteiger partial charge in [0.1, 0.15) is 0 Å². The van der Waals surface area contributed by atoms with Crippen LogP contribution in [0.15, 0.2) is 24.3 Å². The second-order valence-corrected chi connectivity index (χ2v) is 11.2. The zero-order valence-electron chi connectivity index (χ0n) is 24.0. The van der Waals surface area contributed by atoms with E-state index in [1.807, 2.05) is 0 Å². The van der Waals surface area contributed by atoms with Crippen molar-refractivity contribution in [3.05, 3.63) is 29.8 Å². The molecule has 0 bridgehead atoms. The zero-order chi connectivity index (χ0) is 28.1. The number of hydrogen-bond acceptors (Lipinski definition) is 6. The number of rotatable bonds is 22. The molecule has 0 saturated carbocycles. The van der Waals surface area contributed by atoms with Crippen LogP contribution in [0.25, 0.3) is 11.4 Å². The Labute approximate surface area is 238 Å². The van der Waals surface area contributed by atoms with Gasteiger partial charge in [-0.1, -0.05) is 116 Å². The Morgan fingerprint density at radius 3 is 2.05 bits per heavy atom. The van der Waals surface area contributed by atoms with Gasteiger partial charge < -0.3 is 10.4 Å². The summed E-state index contributed by atoms with van der Waals surface area (Å²) in [4.78, 5) is 28.0. The summed E-state index contributed by atoms with van der Waals surface area (Å²) in [6.45, 7) is 5.17. The van der Waals surface area contributed by atoms with Crippen molar-refractivity contribution in [1.29, 1.82) is 0 Å². The molecule has 1 unspecified atom stereocenters. The molecule has 0 spiro atoms. The number of amides is 2. The lowest BCUT2D eigenvalue weighted by Crippen LogP contribution is -2.41. The Hall–Kier alpha value is -2.68. The number of hydrazine groups is 1. The maximum atomic E-state index is 12.5. The summed E-state index contributed by atoms with van der Waals surface area (Å²) in [5.74, 6) is -0.0881. The number of anilines is 1. The van der Waals surface area contributed by atoms with E-state index in [9.17, 15) is 14.7 Å². The molecule has 1 atom stereocenters. The molecule has 8 nitrogen and oxygen atoms in total. The van der Waals surface area contributed by atoms with E-state index in [1.54, 1.807) is 12.1 Å². The van der Waals surface area contributed by atoms with Crippen molar-refractivity contribution in [1.82, 2.24) is 20.1 Å². The molecule has 0 saturated heterocycles. The highest BCUT2D eigenvalue weighted by Crippen LogP contribution is 2.22. The molecule has 4 N–H and O–H groups in total. The molecule has 1 heterocycles. The van der Waals surface area contributed by atoms with Crippen molar-refractivity contribution in [2.45, 2.75) is 117 Å². The largest absolute Gasteiger partial charge is 0.478 e. The number of benzene rings is 1. The minimum absolute atomic E-state index is 0.178. The van der Waals surface area contributed by atoms with E-state index in [0.29, 0.717) is 29.0 Å². The zero-order valence-corrected chi connectivity index (χ0v) is 24.8. The van der Waals surface area contributed by atoms with E-state index in [2.05, 4.69) is 39.4 Å². The van der Waals surface area contributed by atoms with Gasteiger partial charge in [-0.3, -0.25) is 5.43 Å². The van der Waals surface area contributed by atoms with Gasteiger partial charge in [-0.2, -0.15) is 9.36 Å². The summed E-state index contributed by atoms with van der Waals surface area (Å²) in [6, 6.07) is 6.19. The number of carboxylic acid groups (broad SMARTS) is 1. The molecule has 0 fully saturated rings. The normalized spacial score (nSPS) is 11.7. The predicted octanol–water partition coefficient (Wildman–Crippen LogP) is 8.43. The van der Waals surface area contributed by atoms with E-state index in [1.165, 1.54) is 102 Å². The van der Waals surface area contributed by atoms with Crippen LogP contribution in [-0.2, 0) is 0 Å². The maximum absolute atomic E-state index is 12.5. The number of hydrogen-bond donors (Lipinski definition) is 4. The smallest absolute Gasteiger partial charge is 0.335 e. The molecule has 0 aliphatic carbocycles. The van der Waals surface area contributed by atoms with Crippen molar-refractivity contribution in [3.8, 4) is 11.4 Å². The number of urea groups is 1. The van der Waals surface area contributed by atoms with Gasteiger partial charge in [-0.25, -0.2) is 15.0 Å². The van der Waals surface area contributed by atoms with E-state index in [4.69, 9.17) is 0 Å². The van der Waals surface area contributed by atoms with Gasteiger partial charge in [0.2, 0.25) is 5.13 Å². The molecule has 0 radical (unpaired) electrons. The van der Waals surface area contributed by atoms with Gasteiger partial charge in [0, 0.05) is 23.6 Å². The van der Waals surface area contributed by atoms with E-state index in [-0.39, 0.29) is 11.6 Å². The standard InChI is InChI=1S/C30H49N5O3S/c1-3-5-7-9-11-12-14-16-19-24(18-15-13-10-8-6-4-2)23-31-29(38)33-34-30-32-27(35-39-30)25-20-17-21-26(22-25)28(36)37/h17,20-22,24H,3-16,18-19,23H2,1-2H3,(H,36,37)(H2,31,33,38)(H,32,34,35). The Kier molecular flexibility index (Phi) is 16.9. The number of carbonyl (C=O) groups is 2. The summed E-state index contributed by atoms with van der Waals surface area (Å²) >= 11 is 1.10. The van der Waals surface area contributed by atoms with Crippen LogP contribution < -0.4 is 16.2 Å². The Balaban J connectivity index is 1.74. The fraction of sp³-hybridized carbons (Fsp3) is 0.667. The molecule has 39 heavy (non-hydrogen) atoms. The van der Waals surface area contributed by atoms with Gasteiger partial charge >= 0.3 is 12.0 Å². The molecule has 2 aromatic rings. The van der Waals surface area contributed by atoms with Gasteiger partial charge in [0.15, 0.2) is 5.82 Å². The van der Waals surface area contributed by atoms with Crippen LogP contribution in [0.5, 0.6) is 0 Å². The third-order valence-electron chi connectivity index (χ3n) is 7.06. The average molecular weight is 560 g/mol. The van der Waals surface area contributed by atoms with Crippen LogP contribution in [0.4, 0.5) is 9.93 Å². The molecule has 0 aliphatic rings. The SMILES string of the molecule is CCCCCCCCCCC(CCCCCCCC)CNC(=O)NNc1nc(-c2cccc(C(=O)O)c2)ns1. The predicted molar refractivity (Wildman–Crippen MR) is 161 cm³/mol. The second kappa shape index (κ2) is 20.3. The van der Waals surface area contributed by atoms with E-state index < -0.39 is 5.97 Å². The van der Waals surface area contributed by atoms with Gasteiger partial charge in [-0.05, 0) is 30.9 Å². The number of nitrogens with zero attached hydrogens (tertiary/aromatic N) is 2.